The van der Waals surface area contributed by atoms with Crippen LogP contribution in [-0.2, 0) is 4.79 Å². The van der Waals surface area contributed by atoms with Crippen molar-refractivity contribution >= 4 is 38.5 Å². The van der Waals surface area contributed by atoms with E-state index in [1.54, 1.807) is 6.07 Å². The Morgan fingerprint density at radius 2 is 2.17 bits per heavy atom. The first-order valence-corrected chi connectivity index (χ1v) is 9.05. The van der Waals surface area contributed by atoms with Crippen LogP contribution in [-0.4, -0.2) is 23.3 Å². The highest BCUT2D eigenvalue weighted by atomic mass is 32.1. The van der Waals surface area contributed by atoms with Crippen molar-refractivity contribution in [1.29, 1.82) is 0 Å². The van der Waals surface area contributed by atoms with E-state index in [0.717, 1.165) is 22.7 Å². The van der Waals surface area contributed by atoms with Gasteiger partial charge in [0.25, 0.3) is 5.91 Å². The van der Waals surface area contributed by atoms with Gasteiger partial charge in [-0.05, 0) is 48.8 Å². The highest BCUT2D eigenvalue weighted by Gasteiger charge is 2.35. The summed E-state index contributed by atoms with van der Waals surface area (Å²) < 4.78 is 0.897. The number of thiazole rings is 1. The second-order valence-corrected chi connectivity index (χ2v) is 7.66. The van der Waals surface area contributed by atoms with Crippen molar-refractivity contribution in [2.45, 2.75) is 19.8 Å². The fraction of sp³-hybridized carbons (Fsp3) is 0.389. The second-order valence-electron chi connectivity index (χ2n) is 6.63. The number of hydrogen-bond acceptors (Lipinski definition) is 4. The molecule has 2 bridgehead atoms. The Morgan fingerprint density at radius 1 is 1.29 bits per heavy atom. The van der Waals surface area contributed by atoms with Crippen molar-refractivity contribution in [3.8, 4) is 0 Å². The molecule has 1 aromatic carbocycles. The molecule has 6 heteroatoms. The fourth-order valence-corrected chi connectivity index (χ4v) is 4.68. The van der Waals surface area contributed by atoms with Crippen molar-refractivity contribution in [3.05, 3.63) is 35.9 Å². The standard InChI is InChI=1S/C18H19N3O2S/c1-10(22)20-18-21-15-5-4-13(8-16(15)24-18)17(23)19-9-14-7-11-2-3-12(14)6-11/h2-5,8,11-12,14H,6-7,9H2,1H3,(H,19,23)(H,20,21,22)/t11-,12+,14-/m0/s1. The molecule has 3 atom stereocenters. The maximum absolute atomic E-state index is 12.4. The van der Waals surface area contributed by atoms with E-state index in [9.17, 15) is 9.59 Å². The summed E-state index contributed by atoms with van der Waals surface area (Å²) in [6.45, 7) is 2.19. The third-order valence-corrected chi connectivity index (χ3v) is 5.81. The van der Waals surface area contributed by atoms with Crippen LogP contribution in [0, 0.1) is 17.8 Å². The maximum Gasteiger partial charge on any atom is 0.251 e. The molecule has 124 valence electrons. The molecular weight excluding hydrogens is 322 g/mol. The number of carbonyl (C=O) groups excluding carboxylic acids is 2. The Kier molecular flexibility index (Phi) is 3.84. The van der Waals surface area contributed by atoms with E-state index in [1.807, 2.05) is 12.1 Å². The number of allylic oxidation sites excluding steroid dienone is 2. The minimum atomic E-state index is -0.146. The van der Waals surface area contributed by atoms with E-state index in [2.05, 4.69) is 27.8 Å². The first kappa shape index (κ1) is 15.3. The van der Waals surface area contributed by atoms with Gasteiger partial charge in [-0.25, -0.2) is 4.98 Å². The molecule has 2 amide bonds. The lowest BCUT2D eigenvalue weighted by Gasteiger charge is -2.18. The van der Waals surface area contributed by atoms with Gasteiger partial charge in [0.2, 0.25) is 5.91 Å². The molecule has 1 heterocycles. The molecular formula is C18H19N3O2S. The Morgan fingerprint density at radius 3 is 2.88 bits per heavy atom. The van der Waals surface area contributed by atoms with Gasteiger partial charge in [0, 0.05) is 19.0 Å². The van der Waals surface area contributed by atoms with E-state index >= 15 is 0 Å². The lowest BCUT2D eigenvalue weighted by Crippen LogP contribution is -2.30. The van der Waals surface area contributed by atoms with Crippen LogP contribution in [0.5, 0.6) is 0 Å². The Hall–Kier alpha value is -2.21. The molecule has 2 aliphatic rings. The summed E-state index contributed by atoms with van der Waals surface area (Å²) >= 11 is 1.38. The number of fused-ring (bicyclic) bond motifs is 3. The number of aromatic nitrogens is 1. The molecule has 0 unspecified atom stereocenters. The zero-order valence-corrected chi connectivity index (χ0v) is 14.2. The average molecular weight is 341 g/mol. The summed E-state index contributed by atoms with van der Waals surface area (Å²) in [5.41, 5.74) is 1.43. The summed E-state index contributed by atoms with van der Waals surface area (Å²) in [4.78, 5) is 27.9. The van der Waals surface area contributed by atoms with Gasteiger partial charge >= 0.3 is 0 Å². The topological polar surface area (TPSA) is 71.1 Å². The molecule has 5 nitrogen and oxygen atoms in total. The molecule has 0 aliphatic heterocycles. The van der Waals surface area contributed by atoms with Crippen LogP contribution in [0.25, 0.3) is 10.2 Å². The monoisotopic (exact) mass is 341 g/mol. The average Bonchev–Trinajstić information content (AvgIpc) is 3.25. The van der Waals surface area contributed by atoms with E-state index in [1.165, 1.54) is 31.1 Å². The van der Waals surface area contributed by atoms with Crippen molar-refractivity contribution in [2.75, 3.05) is 11.9 Å². The first-order chi connectivity index (χ1) is 11.6. The quantitative estimate of drug-likeness (QED) is 0.839. The smallest absolute Gasteiger partial charge is 0.251 e. The van der Waals surface area contributed by atoms with Gasteiger partial charge in [-0.2, -0.15) is 0 Å². The van der Waals surface area contributed by atoms with Crippen LogP contribution >= 0.6 is 11.3 Å². The second kappa shape index (κ2) is 6.02. The number of nitrogens with one attached hydrogen (secondary N) is 2. The van der Waals surface area contributed by atoms with Gasteiger partial charge in [-0.1, -0.05) is 23.5 Å². The first-order valence-electron chi connectivity index (χ1n) is 8.23. The van der Waals surface area contributed by atoms with Gasteiger partial charge in [0.1, 0.15) is 0 Å². The predicted molar refractivity (Wildman–Crippen MR) is 95.1 cm³/mol. The number of carbonyl (C=O) groups is 2. The zero-order chi connectivity index (χ0) is 16.7. The molecule has 1 saturated carbocycles. The number of amides is 2. The molecule has 2 N–H and O–H groups in total. The summed E-state index contributed by atoms with van der Waals surface area (Å²) in [6, 6.07) is 5.45. The van der Waals surface area contributed by atoms with E-state index in [4.69, 9.17) is 0 Å². The van der Waals surface area contributed by atoms with E-state index in [-0.39, 0.29) is 11.8 Å². The Balaban J connectivity index is 1.44. The molecule has 0 radical (unpaired) electrons. The van der Waals surface area contributed by atoms with Crippen molar-refractivity contribution in [1.82, 2.24) is 10.3 Å². The van der Waals surface area contributed by atoms with E-state index in [0.29, 0.717) is 22.5 Å². The molecule has 2 aromatic rings. The summed E-state index contributed by atoms with van der Waals surface area (Å²) in [5, 5.41) is 6.31. The summed E-state index contributed by atoms with van der Waals surface area (Å²) in [5.74, 6) is 1.74. The lowest BCUT2D eigenvalue weighted by atomic mass is 9.93. The molecule has 24 heavy (non-hydrogen) atoms. The normalized spacial score (nSPS) is 24.5. The number of nitrogens with zero attached hydrogens (tertiary/aromatic N) is 1. The van der Waals surface area contributed by atoms with Crippen LogP contribution in [0.1, 0.15) is 30.1 Å². The maximum atomic E-state index is 12.4. The number of rotatable bonds is 4. The molecule has 0 spiro atoms. The summed E-state index contributed by atoms with van der Waals surface area (Å²) in [6.07, 6.45) is 7.06. The molecule has 4 rings (SSSR count). The molecule has 0 saturated heterocycles. The highest BCUT2D eigenvalue weighted by Crippen LogP contribution is 2.42. The fourth-order valence-electron chi connectivity index (χ4n) is 3.73. The van der Waals surface area contributed by atoms with Gasteiger partial charge in [-0.15, -0.1) is 0 Å². The molecule has 2 aliphatic carbocycles. The summed E-state index contributed by atoms with van der Waals surface area (Å²) in [7, 11) is 0. The SMILES string of the molecule is CC(=O)Nc1nc2ccc(C(=O)NC[C@@H]3C[C@H]4C=C[C@@H]3C4)cc2s1. The van der Waals surface area contributed by atoms with Gasteiger partial charge < -0.3 is 10.6 Å². The van der Waals surface area contributed by atoms with Crippen LogP contribution in [0.2, 0.25) is 0 Å². The van der Waals surface area contributed by atoms with Crippen LogP contribution in [0.4, 0.5) is 5.13 Å². The lowest BCUT2D eigenvalue weighted by molar-refractivity contribution is -0.114. The van der Waals surface area contributed by atoms with Crippen LogP contribution in [0.15, 0.2) is 30.4 Å². The van der Waals surface area contributed by atoms with Gasteiger partial charge in [0.15, 0.2) is 5.13 Å². The van der Waals surface area contributed by atoms with Gasteiger partial charge in [-0.3, -0.25) is 9.59 Å². The van der Waals surface area contributed by atoms with Crippen LogP contribution < -0.4 is 10.6 Å². The van der Waals surface area contributed by atoms with Crippen molar-refractivity contribution in [2.24, 2.45) is 17.8 Å². The van der Waals surface area contributed by atoms with Crippen LogP contribution in [0.3, 0.4) is 0 Å². The zero-order valence-electron chi connectivity index (χ0n) is 13.4. The van der Waals surface area contributed by atoms with Crippen molar-refractivity contribution < 1.29 is 9.59 Å². The van der Waals surface area contributed by atoms with E-state index < -0.39 is 0 Å². The molecule has 1 fully saturated rings. The number of anilines is 1. The number of hydrogen-bond donors (Lipinski definition) is 2. The highest BCUT2D eigenvalue weighted by molar-refractivity contribution is 7.22. The predicted octanol–water partition coefficient (Wildman–Crippen LogP) is 3.20. The Labute approximate surface area is 144 Å². The molecule has 1 aromatic heterocycles. The Bertz CT molecular complexity index is 842. The van der Waals surface area contributed by atoms with Crippen molar-refractivity contribution in [3.63, 3.8) is 0 Å². The third kappa shape index (κ3) is 2.94. The third-order valence-electron chi connectivity index (χ3n) is 4.87. The minimum absolute atomic E-state index is 0.0434. The largest absolute Gasteiger partial charge is 0.352 e. The number of benzene rings is 1. The minimum Gasteiger partial charge on any atom is -0.352 e. The van der Waals surface area contributed by atoms with Gasteiger partial charge in [0.05, 0.1) is 10.2 Å².